The van der Waals surface area contributed by atoms with E-state index in [0.29, 0.717) is 16.5 Å². The predicted molar refractivity (Wildman–Crippen MR) is 93.7 cm³/mol. The van der Waals surface area contributed by atoms with Crippen molar-refractivity contribution in [3.8, 4) is 0 Å². The van der Waals surface area contributed by atoms with Gasteiger partial charge in [-0.15, -0.1) is 11.8 Å². The second kappa shape index (κ2) is 6.55. The van der Waals surface area contributed by atoms with Crippen LogP contribution in [0, 0.1) is 12.7 Å². The minimum absolute atomic E-state index is 0.194. The zero-order valence-electron chi connectivity index (χ0n) is 12.3. The summed E-state index contributed by atoms with van der Waals surface area (Å²) in [5, 5.41) is 0. The first-order chi connectivity index (χ1) is 10.9. The molecule has 0 fully saturated rings. The molecule has 1 aliphatic rings. The van der Waals surface area contributed by atoms with Crippen LogP contribution in [0.2, 0.25) is 0 Å². The summed E-state index contributed by atoms with van der Waals surface area (Å²) in [7, 11) is -3.69. The molecular weight excluding hydrogens is 401 g/mol. The number of hydrogen-bond acceptors (Lipinski definition) is 3. The smallest absolute Gasteiger partial charge is 0.207 e. The summed E-state index contributed by atoms with van der Waals surface area (Å²) in [4.78, 5) is 1.12. The second-order valence-electron chi connectivity index (χ2n) is 5.43. The van der Waals surface area contributed by atoms with Gasteiger partial charge in [0, 0.05) is 15.4 Å². The Kier molecular flexibility index (Phi) is 4.83. The molecule has 2 aromatic carbocycles. The molecular formula is C16H15BrFNO2S2. The van der Waals surface area contributed by atoms with E-state index in [-0.39, 0.29) is 10.7 Å². The van der Waals surface area contributed by atoms with Crippen molar-refractivity contribution < 1.29 is 12.8 Å². The first-order valence-electron chi connectivity index (χ1n) is 7.07. The molecule has 23 heavy (non-hydrogen) atoms. The molecule has 0 saturated heterocycles. The summed E-state index contributed by atoms with van der Waals surface area (Å²) in [5.41, 5.74) is 1.67. The van der Waals surface area contributed by atoms with E-state index in [1.54, 1.807) is 36.0 Å². The van der Waals surface area contributed by atoms with Crippen molar-refractivity contribution in [3.63, 3.8) is 0 Å². The van der Waals surface area contributed by atoms with Crippen molar-refractivity contribution in [2.45, 2.75) is 29.2 Å². The summed E-state index contributed by atoms with van der Waals surface area (Å²) >= 11 is 4.93. The minimum atomic E-state index is -3.69. The highest BCUT2D eigenvalue weighted by atomic mass is 79.9. The van der Waals surface area contributed by atoms with Crippen LogP contribution >= 0.6 is 27.7 Å². The topological polar surface area (TPSA) is 46.2 Å². The number of sulfonamides is 1. The number of thioether (sulfide) groups is 1. The van der Waals surface area contributed by atoms with Crippen LogP contribution in [-0.2, 0) is 10.0 Å². The van der Waals surface area contributed by atoms with E-state index < -0.39 is 16.1 Å². The van der Waals surface area contributed by atoms with Gasteiger partial charge in [-0.1, -0.05) is 6.07 Å². The van der Waals surface area contributed by atoms with Crippen LogP contribution in [0.3, 0.4) is 0 Å². The predicted octanol–water partition coefficient (Wildman–Crippen LogP) is 4.41. The van der Waals surface area contributed by atoms with E-state index in [1.807, 2.05) is 6.92 Å². The van der Waals surface area contributed by atoms with Crippen molar-refractivity contribution in [1.29, 1.82) is 0 Å². The third-order valence-corrected chi connectivity index (χ3v) is 7.26. The fourth-order valence-corrected chi connectivity index (χ4v) is 6.11. The molecule has 3 nitrogen and oxygen atoms in total. The van der Waals surface area contributed by atoms with Gasteiger partial charge in [-0.3, -0.25) is 0 Å². The van der Waals surface area contributed by atoms with Crippen LogP contribution in [0.25, 0.3) is 0 Å². The summed E-state index contributed by atoms with van der Waals surface area (Å²) in [6.45, 7) is 1.89. The maximum absolute atomic E-state index is 13.5. The van der Waals surface area contributed by atoms with E-state index in [1.165, 1.54) is 12.1 Å². The Bertz CT molecular complexity index is 855. The fraction of sp³-hybridized carbons (Fsp3) is 0.250. The van der Waals surface area contributed by atoms with Crippen molar-refractivity contribution in [1.82, 2.24) is 4.72 Å². The van der Waals surface area contributed by atoms with Gasteiger partial charge in [0.05, 0.1) is 4.90 Å². The summed E-state index contributed by atoms with van der Waals surface area (Å²) < 4.78 is 42.1. The summed E-state index contributed by atoms with van der Waals surface area (Å²) in [6.07, 6.45) is 0.629. The standard InChI is InChI=1S/C16H15BrFNO2S2/c1-10-2-5-16(13(17)8-10)23(20,21)19-14-6-7-22-15-4-3-11(18)9-12(14)15/h2-5,8-9,14,19H,6-7H2,1H3. The Morgan fingerprint density at radius 2 is 2.04 bits per heavy atom. The molecule has 0 saturated carbocycles. The molecule has 0 bridgehead atoms. The maximum Gasteiger partial charge on any atom is 0.242 e. The van der Waals surface area contributed by atoms with E-state index >= 15 is 0 Å². The van der Waals surface area contributed by atoms with Crippen LogP contribution in [0.1, 0.15) is 23.6 Å². The lowest BCUT2D eigenvalue weighted by atomic mass is 10.0. The molecule has 0 spiro atoms. The third-order valence-electron chi connectivity index (χ3n) is 3.69. The van der Waals surface area contributed by atoms with Crippen LogP contribution in [0.15, 0.2) is 50.7 Å². The van der Waals surface area contributed by atoms with E-state index in [4.69, 9.17) is 0 Å². The van der Waals surface area contributed by atoms with Gasteiger partial charge in [0.2, 0.25) is 10.0 Å². The van der Waals surface area contributed by atoms with Crippen molar-refractivity contribution >= 4 is 37.7 Å². The fourth-order valence-electron chi connectivity index (χ4n) is 2.56. The van der Waals surface area contributed by atoms with Gasteiger partial charge in [0.25, 0.3) is 0 Å². The Hall–Kier alpha value is -0.890. The van der Waals surface area contributed by atoms with Crippen molar-refractivity contribution in [3.05, 3.63) is 57.8 Å². The van der Waals surface area contributed by atoms with Gasteiger partial charge in [-0.2, -0.15) is 0 Å². The molecule has 0 amide bonds. The lowest BCUT2D eigenvalue weighted by molar-refractivity contribution is 0.541. The minimum Gasteiger partial charge on any atom is -0.207 e. The maximum atomic E-state index is 13.5. The summed E-state index contributed by atoms with van der Waals surface area (Å²) in [5.74, 6) is 0.438. The van der Waals surface area contributed by atoms with Crippen LogP contribution in [0.4, 0.5) is 4.39 Å². The quantitative estimate of drug-likeness (QED) is 0.806. The van der Waals surface area contributed by atoms with Crippen molar-refractivity contribution in [2.24, 2.45) is 0 Å². The number of nitrogens with one attached hydrogen (secondary N) is 1. The van der Waals surface area contributed by atoms with Gasteiger partial charge < -0.3 is 0 Å². The monoisotopic (exact) mass is 415 g/mol. The van der Waals surface area contributed by atoms with Gasteiger partial charge in [-0.05, 0) is 76.5 Å². The molecule has 1 aliphatic heterocycles. The average Bonchev–Trinajstić information content (AvgIpc) is 2.47. The number of hydrogen-bond donors (Lipinski definition) is 1. The number of rotatable bonds is 3. The van der Waals surface area contributed by atoms with Gasteiger partial charge >= 0.3 is 0 Å². The van der Waals surface area contributed by atoms with Gasteiger partial charge in [-0.25, -0.2) is 17.5 Å². The summed E-state index contributed by atoms with van der Waals surface area (Å²) in [6, 6.07) is 9.20. The highest BCUT2D eigenvalue weighted by molar-refractivity contribution is 9.10. The Morgan fingerprint density at radius 1 is 1.26 bits per heavy atom. The van der Waals surface area contributed by atoms with E-state index in [9.17, 15) is 12.8 Å². The Morgan fingerprint density at radius 3 is 2.78 bits per heavy atom. The number of halogens is 2. The SMILES string of the molecule is Cc1ccc(S(=O)(=O)NC2CCSc3ccc(F)cc32)c(Br)c1. The third kappa shape index (κ3) is 3.63. The first-order valence-corrected chi connectivity index (χ1v) is 10.3. The lowest BCUT2D eigenvalue weighted by Gasteiger charge is -2.26. The van der Waals surface area contributed by atoms with Gasteiger partial charge in [0.1, 0.15) is 5.82 Å². The normalized spacial score (nSPS) is 17.8. The molecule has 0 aromatic heterocycles. The zero-order chi connectivity index (χ0) is 16.6. The molecule has 1 atom stereocenters. The molecule has 1 N–H and O–H groups in total. The van der Waals surface area contributed by atoms with Crippen LogP contribution in [-0.4, -0.2) is 14.2 Å². The molecule has 1 heterocycles. The molecule has 2 aromatic rings. The van der Waals surface area contributed by atoms with E-state index in [2.05, 4.69) is 20.7 Å². The van der Waals surface area contributed by atoms with Crippen LogP contribution in [0.5, 0.6) is 0 Å². The molecule has 3 rings (SSSR count). The average molecular weight is 416 g/mol. The molecule has 122 valence electrons. The Balaban J connectivity index is 1.95. The zero-order valence-corrected chi connectivity index (χ0v) is 15.6. The number of aryl methyl sites for hydroxylation is 1. The number of benzene rings is 2. The molecule has 0 aliphatic carbocycles. The van der Waals surface area contributed by atoms with E-state index in [0.717, 1.165) is 16.2 Å². The van der Waals surface area contributed by atoms with Crippen molar-refractivity contribution in [2.75, 3.05) is 5.75 Å². The van der Waals surface area contributed by atoms with Gasteiger partial charge in [0.15, 0.2) is 0 Å². The molecule has 7 heteroatoms. The number of fused-ring (bicyclic) bond motifs is 1. The first kappa shape index (κ1) is 17.0. The lowest BCUT2D eigenvalue weighted by Crippen LogP contribution is -2.31. The largest absolute Gasteiger partial charge is 0.242 e. The molecule has 1 unspecified atom stereocenters. The molecule has 0 radical (unpaired) electrons. The highest BCUT2D eigenvalue weighted by Crippen LogP contribution is 2.37. The highest BCUT2D eigenvalue weighted by Gasteiger charge is 2.27. The second-order valence-corrected chi connectivity index (χ2v) is 9.10. The van der Waals surface area contributed by atoms with Crippen LogP contribution < -0.4 is 4.72 Å². The Labute approximate surface area is 147 Å².